The van der Waals surface area contributed by atoms with Crippen molar-refractivity contribution in [3.05, 3.63) is 33.8 Å². The second-order valence-electron chi connectivity index (χ2n) is 4.99. The quantitative estimate of drug-likeness (QED) is 0.927. The van der Waals surface area contributed by atoms with Gasteiger partial charge in [-0.1, -0.05) is 0 Å². The maximum Gasteiger partial charge on any atom is 0.271 e. The van der Waals surface area contributed by atoms with Gasteiger partial charge in [0.1, 0.15) is 12.4 Å². The molecule has 7 heteroatoms. The van der Waals surface area contributed by atoms with E-state index in [1.54, 1.807) is 16.9 Å². The summed E-state index contributed by atoms with van der Waals surface area (Å²) in [7, 11) is 0. The summed E-state index contributed by atoms with van der Waals surface area (Å²) < 4.78 is 4.54. The van der Waals surface area contributed by atoms with Gasteiger partial charge in [-0.05, 0) is 49.7 Å². The number of aryl methyl sites for hydroxylation is 1. The van der Waals surface area contributed by atoms with Crippen LogP contribution in [0.2, 0.25) is 0 Å². The third kappa shape index (κ3) is 3.09. The van der Waals surface area contributed by atoms with E-state index >= 15 is 0 Å². The molecule has 6 nitrogen and oxygen atoms in total. The smallest absolute Gasteiger partial charge is 0.271 e. The van der Waals surface area contributed by atoms with Crippen molar-refractivity contribution in [1.29, 1.82) is 0 Å². The lowest BCUT2D eigenvalue weighted by molar-refractivity contribution is 0.0937. The van der Waals surface area contributed by atoms with Crippen LogP contribution in [0.1, 0.15) is 35.7 Å². The van der Waals surface area contributed by atoms with Crippen LogP contribution in [0.25, 0.3) is 0 Å². The summed E-state index contributed by atoms with van der Waals surface area (Å²) in [6, 6.07) is 1.80. The molecule has 2 aromatic rings. The summed E-state index contributed by atoms with van der Waals surface area (Å²) in [5.41, 5.74) is 2.39. The first-order chi connectivity index (χ1) is 9.38. The number of carbonyl (C=O) groups excluding carboxylic acids is 1. The predicted octanol–water partition coefficient (Wildman–Crippen LogP) is 2.10. The second kappa shape index (κ2) is 5.78. The first kappa shape index (κ1) is 14.8. The van der Waals surface area contributed by atoms with E-state index in [0.29, 0.717) is 12.4 Å². The molecule has 0 saturated heterocycles. The normalized spacial score (nSPS) is 11.1. The molecule has 0 atom stereocenters. The van der Waals surface area contributed by atoms with Crippen molar-refractivity contribution in [3.63, 3.8) is 0 Å². The number of aromatic nitrogens is 4. The van der Waals surface area contributed by atoms with Crippen LogP contribution in [0, 0.1) is 13.8 Å². The Balaban J connectivity index is 2.13. The maximum absolute atomic E-state index is 11.8. The van der Waals surface area contributed by atoms with Gasteiger partial charge in [0.2, 0.25) is 0 Å². The minimum Gasteiger partial charge on any atom is -0.348 e. The van der Waals surface area contributed by atoms with Crippen molar-refractivity contribution in [2.24, 2.45) is 0 Å². The highest BCUT2D eigenvalue weighted by Gasteiger charge is 2.12. The maximum atomic E-state index is 11.8. The predicted molar refractivity (Wildman–Crippen MR) is 79.6 cm³/mol. The average molecular weight is 340 g/mol. The van der Waals surface area contributed by atoms with E-state index in [-0.39, 0.29) is 11.9 Å². The highest BCUT2D eigenvalue weighted by Crippen LogP contribution is 2.19. The summed E-state index contributed by atoms with van der Waals surface area (Å²) in [4.78, 5) is 11.8. The highest BCUT2D eigenvalue weighted by atomic mass is 79.9. The first-order valence-electron chi connectivity index (χ1n) is 6.42. The molecule has 0 aliphatic carbocycles. The SMILES string of the molecule is Cc1nn(Cn2ccc(C(=O)NC(C)C)n2)c(C)c1Br. The molecule has 0 fully saturated rings. The van der Waals surface area contributed by atoms with E-state index in [1.807, 2.05) is 32.4 Å². The van der Waals surface area contributed by atoms with E-state index in [0.717, 1.165) is 15.9 Å². The van der Waals surface area contributed by atoms with Gasteiger partial charge in [-0.15, -0.1) is 0 Å². The molecule has 2 heterocycles. The zero-order valence-corrected chi connectivity index (χ0v) is 13.6. The lowest BCUT2D eigenvalue weighted by Gasteiger charge is -2.06. The lowest BCUT2D eigenvalue weighted by Crippen LogP contribution is -2.30. The van der Waals surface area contributed by atoms with Crippen LogP contribution in [-0.4, -0.2) is 31.5 Å². The van der Waals surface area contributed by atoms with E-state index in [1.165, 1.54) is 0 Å². The second-order valence-corrected chi connectivity index (χ2v) is 5.79. The van der Waals surface area contributed by atoms with Crippen molar-refractivity contribution in [1.82, 2.24) is 24.9 Å². The minimum atomic E-state index is -0.159. The summed E-state index contributed by atoms with van der Waals surface area (Å²) >= 11 is 3.49. The topological polar surface area (TPSA) is 64.7 Å². The molecule has 1 amide bonds. The van der Waals surface area contributed by atoms with Crippen LogP contribution in [-0.2, 0) is 6.67 Å². The summed E-state index contributed by atoms with van der Waals surface area (Å²) in [5.74, 6) is -0.159. The Bertz CT molecular complexity index is 629. The van der Waals surface area contributed by atoms with Crippen LogP contribution >= 0.6 is 15.9 Å². The Kier molecular flexibility index (Phi) is 4.27. The number of amides is 1. The van der Waals surface area contributed by atoms with Gasteiger partial charge in [-0.25, -0.2) is 4.68 Å². The van der Waals surface area contributed by atoms with Crippen molar-refractivity contribution >= 4 is 21.8 Å². The number of hydrogen-bond acceptors (Lipinski definition) is 3. The molecule has 0 unspecified atom stereocenters. The van der Waals surface area contributed by atoms with Gasteiger partial charge in [0.15, 0.2) is 0 Å². The summed E-state index contributed by atoms with van der Waals surface area (Å²) in [6.07, 6.45) is 1.78. The molecule has 20 heavy (non-hydrogen) atoms. The number of hydrogen-bond donors (Lipinski definition) is 1. The highest BCUT2D eigenvalue weighted by molar-refractivity contribution is 9.10. The van der Waals surface area contributed by atoms with Crippen LogP contribution in [0.4, 0.5) is 0 Å². The number of nitrogens with one attached hydrogen (secondary N) is 1. The monoisotopic (exact) mass is 339 g/mol. The number of rotatable bonds is 4. The fraction of sp³-hybridized carbons (Fsp3) is 0.462. The fourth-order valence-corrected chi connectivity index (χ4v) is 2.13. The van der Waals surface area contributed by atoms with Gasteiger partial charge in [-0.3, -0.25) is 9.48 Å². The molecule has 0 aliphatic heterocycles. The molecule has 0 spiro atoms. The standard InChI is InChI=1S/C13H18BrN5O/c1-8(2)15-13(20)11-5-6-18(17-11)7-19-10(4)12(14)9(3)16-19/h5-6,8H,7H2,1-4H3,(H,15,20). The van der Waals surface area contributed by atoms with Gasteiger partial charge in [-0.2, -0.15) is 10.2 Å². The van der Waals surface area contributed by atoms with Crippen molar-refractivity contribution in [2.75, 3.05) is 0 Å². The van der Waals surface area contributed by atoms with Crippen LogP contribution in [0.3, 0.4) is 0 Å². The molecule has 0 aromatic carbocycles. The van der Waals surface area contributed by atoms with Crippen molar-refractivity contribution in [3.8, 4) is 0 Å². The molecule has 0 aliphatic rings. The van der Waals surface area contributed by atoms with Crippen LogP contribution in [0.15, 0.2) is 16.7 Å². The average Bonchev–Trinajstić information content (AvgIpc) is 2.91. The number of carbonyl (C=O) groups is 1. The third-order valence-electron chi connectivity index (χ3n) is 2.87. The van der Waals surface area contributed by atoms with Gasteiger partial charge in [0.25, 0.3) is 5.91 Å². The van der Waals surface area contributed by atoms with Gasteiger partial charge >= 0.3 is 0 Å². The van der Waals surface area contributed by atoms with E-state index in [9.17, 15) is 4.79 Å². The minimum absolute atomic E-state index is 0.0969. The van der Waals surface area contributed by atoms with Gasteiger partial charge in [0.05, 0.1) is 15.9 Å². The molecule has 0 saturated carbocycles. The molecular formula is C13H18BrN5O. The Morgan fingerprint density at radius 2 is 2.10 bits per heavy atom. The molecule has 2 aromatic heterocycles. The van der Waals surface area contributed by atoms with E-state index in [4.69, 9.17) is 0 Å². The van der Waals surface area contributed by atoms with Crippen LogP contribution in [0.5, 0.6) is 0 Å². The van der Waals surface area contributed by atoms with Crippen molar-refractivity contribution < 1.29 is 4.79 Å². The van der Waals surface area contributed by atoms with Gasteiger partial charge < -0.3 is 5.32 Å². The molecule has 108 valence electrons. The van der Waals surface area contributed by atoms with Crippen LogP contribution < -0.4 is 5.32 Å². The van der Waals surface area contributed by atoms with Crippen molar-refractivity contribution in [2.45, 2.75) is 40.4 Å². The molecule has 1 N–H and O–H groups in total. The number of nitrogens with zero attached hydrogens (tertiary/aromatic N) is 4. The Hall–Kier alpha value is -1.63. The Morgan fingerprint density at radius 3 is 2.65 bits per heavy atom. The first-order valence-corrected chi connectivity index (χ1v) is 7.21. The molecule has 2 rings (SSSR count). The lowest BCUT2D eigenvalue weighted by atomic mass is 10.3. The summed E-state index contributed by atoms with van der Waals surface area (Å²) in [5, 5.41) is 11.5. The Morgan fingerprint density at radius 1 is 1.40 bits per heavy atom. The van der Waals surface area contributed by atoms with E-state index < -0.39 is 0 Å². The number of halogens is 1. The largest absolute Gasteiger partial charge is 0.348 e. The molecular weight excluding hydrogens is 322 g/mol. The molecule has 0 bridgehead atoms. The summed E-state index contributed by atoms with van der Waals surface area (Å²) in [6.45, 7) is 8.25. The Labute approximate surface area is 126 Å². The third-order valence-corrected chi connectivity index (χ3v) is 4.01. The molecule has 0 radical (unpaired) electrons. The van der Waals surface area contributed by atoms with E-state index in [2.05, 4.69) is 31.4 Å². The van der Waals surface area contributed by atoms with Gasteiger partial charge in [0, 0.05) is 12.2 Å². The zero-order chi connectivity index (χ0) is 14.9. The fourth-order valence-electron chi connectivity index (χ4n) is 1.85. The zero-order valence-electron chi connectivity index (χ0n) is 12.0.